The summed E-state index contributed by atoms with van der Waals surface area (Å²) in [6, 6.07) is 7.89. The van der Waals surface area contributed by atoms with E-state index in [2.05, 4.69) is 5.32 Å². The first kappa shape index (κ1) is 16.7. The molecule has 3 amide bonds. The van der Waals surface area contributed by atoms with E-state index in [4.69, 9.17) is 0 Å². The number of carbonyl (C=O) groups is 3. The summed E-state index contributed by atoms with van der Waals surface area (Å²) in [6.45, 7) is 2.25. The molecule has 1 saturated heterocycles. The number of benzene rings is 1. The van der Waals surface area contributed by atoms with E-state index in [-0.39, 0.29) is 30.7 Å². The average molecular weight is 328 g/mol. The Labute approximate surface area is 142 Å². The Morgan fingerprint density at radius 3 is 2.46 bits per heavy atom. The maximum absolute atomic E-state index is 12.7. The Balaban J connectivity index is 1.56. The minimum atomic E-state index is -0.521. The summed E-state index contributed by atoms with van der Waals surface area (Å²) in [5, 5.41) is 2.79. The maximum Gasteiger partial charge on any atom is 0.240 e. The topological polar surface area (TPSA) is 66.5 Å². The van der Waals surface area contributed by atoms with Crippen molar-refractivity contribution in [3.8, 4) is 0 Å². The van der Waals surface area contributed by atoms with Crippen LogP contribution in [0.4, 0.5) is 0 Å². The van der Waals surface area contributed by atoms with Gasteiger partial charge in [-0.15, -0.1) is 0 Å². The van der Waals surface area contributed by atoms with E-state index in [1.807, 2.05) is 31.2 Å². The predicted molar refractivity (Wildman–Crippen MR) is 89.9 cm³/mol. The number of nitrogens with one attached hydrogen (secondary N) is 1. The Kier molecular flexibility index (Phi) is 4.69. The van der Waals surface area contributed by atoms with Gasteiger partial charge in [0.05, 0.1) is 5.41 Å². The normalized spacial score (nSPS) is 19.8. The molecule has 0 radical (unpaired) electrons. The van der Waals surface area contributed by atoms with Crippen LogP contribution in [0, 0.1) is 12.3 Å². The highest BCUT2D eigenvalue weighted by atomic mass is 16.2. The highest BCUT2D eigenvalue weighted by Crippen LogP contribution is 2.45. The molecule has 0 bridgehead atoms. The number of hydrogen-bond acceptors (Lipinski definition) is 3. The zero-order valence-electron chi connectivity index (χ0n) is 14.1. The lowest BCUT2D eigenvalue weighted by Crippen LogP contribution is -2.42. The molecule has 1 aliphatic carbocycles. The van der Waals surface area contributed by atoms with Gasteiger partial charge in [0.15, 0.2) is 0 Å². The highest BCUT2D eigenvalue weighted by Gasteiger charge is 2.51. The molecular weight excluding hydrogens is 304 g/mol. The van der Waals surface area contributed by atoms with E-state index >= 15 is 0 Å². The summed E-state index contributed by atoms with van der Waals surface area (Å²) in [7, 11) is 0. The molecule has 128 valence electrons. The molecule has 1 aromatic carbocycles. The molecule has 1 aromatic rings. The molecule has 2 fully saturated rings. The minimum Gasteiger partial charge on any atom is -0.350 e. The van der Waals surface area contributed by atoms with Gasteiger partial charge >= 0.3 is 0 Å². The van der Waals surface area contributed by atoms with Crippen molar-refractivity contribution in [1.29, 1.82) is 0 Å². The average Bonchev–Trinajstić information content (AvgIpc) is 2.79. The maximum atomic E-state index is 12.7. The van der Waals surface area contributed by atoms with Gasteiger partial charge in [-0.25, -0.2) is 0 Å². The van der Waals surface area contributed by atoms with Crippen molar-refractivity contribution in [3.63, 3.8) is 0 Å². The van der Waals surface area contributed by atoms with Gasteiger partial charge < -0.3 is 5.32 Å². The number of hydrogen-bond donors (Lipinski definition) is 1. The number of nitrogens with zero attached hydrogens (tertiary/aromatic N) is 1. The number of carbonyl (C=O) groups excluding carboxylic acids is 3. The number of rotatable bonds is 4. The Hall–Kier alpha value is -2.17. The zero-order valence-corrected chi connectivity index (χ0v) is 14.1. The molecule has 0 aromatic heterocycles. The monoisotopic (exact) mass is 328 g/mol. The van der Waals surface area contributed by atoms with Crippen LogP contribution in [0.1, 0.15) is 49.7 Å². The molecule has 1 aliphatic heterocycles. The van der Waals surface area contributed by atoms with E-state index in [9.17, 15) is 14.4 Å². The van der Waals surface area contributed by atoms with E-state index in [0.717, 1.165) is 48.1 Å². The van der Waals surface area contributed by atoms with Gasteiger partial charge in [0.25, 0.3) is 0 Å². The largest absolute Gasteiger partial charge is 0.350 e. The van der Waals surface area contributed by atoms with Gasteiger partial charge in [0.2, 0.25) is 17.7 Å². The molecule has 1 N–H and O–H groups in total. The summed E-state index contributed by atoms with van der Waals surface area (Å²) in [4.78, 5) is 38.2. The molecule has 0 unspecified atom stereocenters. The van der Waals surface area contributed by atoms with Crippen LogP contribution >= 0.6 is 0 Å². The second-order valence-corrected chi connectivity index (χ2v) is 7.07. The number of likely N-dealkylation sites (tertiary alicyclic amines) is 1. The van der Waals surface area contributed by atoms with Crippen LogP contribution in [-0.4, -0.2) is 29.2 Å². The summed E-state index contributed by atoms with van der Waals surface area (Å²) in [6.07, 6.45) is 4.94. The Bertz CT molecular complexity index is 645. The lowest BCUT2D eigenvalue weighted by atomic mass is 9.73. The van der Waals surface area contributed by atoms with E-state index in [1.165, 1.54) is 0 Å². The van der Waals surface area contributed by atoms with Gasteiger partial charge in [-0.3, -0.25) is 19.3 Å². The molecule has 24 heavy (non-hydrogen) atoms. The third-order valence-corrected chi connectivity index (χ3v) is 5.21. The van der Waals surface area contributed by atoms with Crippen LogP contribution < -0.4 is 5.32 Å². The third kappa shape index (κ3) is 3.35. The second kappa shape index (κ2) is 6.75. The smallest absolute Gasteiger partial charge is 0.240 e. The fourth-order valence-electron chi connectivity index (χ4n) is 3.75. The first-order valence-corrected chi connectivity index (χ1v) is 8.67. The van der Waals surface area contributed by atoms with Crippen molar-refractivity contribution in [2.75, 3.05) is 6.54 Å². The summed E-state index contributed by atoms with van der Waals surface area (Å²) in [5.74, 6) is -0.629. The first-order valence-electron chi connectivity index (χ1n) is 8.67. The van der Waals surface area contributed by atoms with Crippen LogP contribution in [-0.2, 0) is 20.9 Å². The van der Waals surface area contributed by atoms with Crippen LogP contribution in [0.15, 0.2) is 24.3 Å². The minimum absolute atomic E-state index is 0.141. The van der Waals surface area contributed by atoms with Crippen molar-refractivity contribution < 1.29 is 14.4 Å². The summed E-state index contributed by atoms with van der Waals surface area (Å²) < 4.78 is 0. The molecular formula is C19H24N2O3. The second-order valence-electron chi connectivity index (χ2n) is 7.07. The molecule has 5 heteroatoms. The molecule has 1 spiro atoms. The number of aryl methyl sites for hydroxylation is 1. The lowest BCUT2D eigenvalue weighted by Gasteiger charge is -2.30. The summed E-state index contributed by atoms with van der Waals surface area (Å²) >= 11 is 0. The molecule has 1 saturated carbocycles. The molecule has 1 heterocycles. The van der Waals surface area contributed by atoms with Crippen molar-refractivity contribution in [1.82, 2.24) is 10.2 Å². The van der Waals surface area contributed by atoms with Crippen LogP contribution in [0.2, 0.25) is 0 Å². The van der Waals surface area contributed by atoms with Gasteiger partial charge in [-0.2, -0.15) is 0 Å². The van der Waals surface area contributed by atoms with Crippen molar-refractivity contribution in [2.24, 2.45) is 5.41 Å². The standard InChI is InChI=1S/C19H24N2O3/c1-14-5-7-15(8-6-14)12-20-16(22)13-21-17(23)11-19(18(21)24)9-3-2-4-10-19/h5-8H,2-4,9-13H2,1H3,(H,20,22). The van der Waals surface area contributed by atoms with Gasteiger partial charge in [-0.1, -0.05) is 49.1 Å². The summed E-state index contributed by atoms with van der Waals surface area (Å²) in [5.41, 5.74) is 1.64. The Morgan fingerprint density at radius 2 is 1.79 bits per heavy atom. The van der Waals surface area contributed by atoms with Crippen LogP contribution in [0.3, 0.4) is 0 Å². The third-order valence-electron chi connectivity index (χ3n) is 5.21. The highest BCUT2D eigenvalue weighted by molar-refractivity contribution is 6.08. The number of imide groups is 1. The number of amides is 3. The Morgan fingerprint density at radius 1 is 1.12 bits per heavy atom. The van der Waals surface area contributed by atoms with Gasteiger partial charge in [0.1, 0.15) is 6.54 Å². The SMILES string of the molecule is Cc1ccc(CNC(=O)CN2C(=O)CC3(CCCCC3)C2=O)cc1. The fourth-order valence-corrected chi connectivity index (χ4v) is 3.75. The van der Waals surface area contributed by atoms with Crippen molar-refractivity contribution in [2.45, 2.75) is 52.0 Å². The van der Waals surface area contributed by atoms with Gasteiger partial charge in [-0.05, 0) is 25.3 Å². The molecule has 0 atom stereocenters. The van der Waals surface area contributed by atoms with E-state index in [0.29, 0.717) is 6.54 Å². The molecule has 5 nitrogen and oxygen atoms in total. The van der Waals surface area contributed by atoms with Crippen molar-refractivity contribution in [3.05, 3.63) is 35.4 Å². The predicted octanol–water partition coefficient (Wildman–Crippen LogP) is 2.32. The molecule has 2 aliphatic rings. The fraction of sp³-hybridized carbons (Fsp3) is 0.526. The molecule has 3 rings (SSSR count). The lowest BCUT2D eigenvalue weighted by molar-refractivity contribution is -0.145. The van der Waals surface area contributed by atoms with Crippen molar-refractivity contribution >= 4 is 17.7 Å². The van der Waals surface area contributed by atoms with Crippen LogP contribution in [0.5, 0.6) is 0 Å². The van der Waals surface area contributed by atoms with E-state index in [1.54, 1.807) is 0 Å². The van der Waals surface area contributed by atoms with Gasteiger partial charge in [0, 0.05) is 13.0 Å². The van der Waals surface area contributed by atoms with E-state index < -0.39 is 5.41 Å². The van der Waals surface area contributed by atoms with Crippen LogP contribution in [0.25, 0.3) is 0 Å². The first-order chi connectivity index (χ1) is 11.5. The quantitative estimate of drug-likeness (QED) is 0.863. The zero-order chi connectivity index (χ0) is 17.2.